The minimum absolute atomic E-state index is 0.170. The number of aryl methyl sites for hydroxylation is 1. The van der Waals surface area contributed by atoms with Crippen molar-refractivity contribution < 1.29 is 9.90 Å². The lowest BCUT2D eigenvalue weighted by Gasteiger charge is -2.22. The molecular formula is C15H23N3O2. The molecular weight excluding hydrogens is 254 g/mol. The maximum atomic E-state index is 12.3. The fourth-order valence-electron chi connectivity index (χ4n) is 2.68. The van der Waals surface area contributed by atoms with Gasteiger partial charge in [-0.25, -0.2) is 0 Å². The van der Waals surface area contributed by atoms with Crippen molar-refractivity contribution in [1.82, 2.24) is 5.32 Å². The Labute approximate surface area is 119 Å². The quantitative estimate of drug-likeness (QED) is 0.385. The lowest BCUT2D eigenvalue weighted by molar-refractivity contribution is 0.0819. The summed E-state index contributed by atoms with van der Waals surface area (Å²) in [5.41, 5.74) is 4.70. The fourth-order valence-corrected chi connectivity index (χ4v) is 2.68. The number of amides is 1. The molecule has 5 N–H and O–H groups in total. The lowest BCUT2D eigenvalue weighted by Crippen LogP contribution is -2.42. The van der Waals surface area contributed by atoms with Gasteiger partial charge in [0, 0.05) is 0 Å². The first-order valence-electron chi connectivity index (χ1n) is 7.18. The summed E-state index contributed by atoms with van der Waals surface area (Å²) >= 11 is 0. The van der Waals surface area contributed by atoms with Crippen molar-refractivity contribution in [2.75, 3.05) is 5.43 Å². The van der Waals surface area contributed by atoms with Crippen LogP contribution in [0.3, 0.4) is 0 Å². The van der Waals surface area contributed by atoms with E-state index in [1.807, 2.05) is 19.1 Å². The van der Waals surface area contributed by atoms with Gasteiger partial charge in [0.15, 0.2) is 0 Å². The molecule has 5 heteroatoms. The minimum Gasteiger partial charge on any atom is -0.391 e. The number of nitrogens with one attached hydrogen (secondary N) is 2. The number of anilines is 1. The zero-order valence-electron chi connectivity index (χ0n) is 11.9. The topological polar surface area (TPSA) is 87.4 Å². The van der Waals surface area contributed by atoms with E-state index in [1.54, 1.807) is 6.07 Å². The molecule has 1 aromatic rings. The third-order valence-electron chi connectivity index (χ3n) is 3.87. The highest BCUT2D eigenvalue weighted by Crippen LogP contribution is 2.20. The number of nitrogen functional groups attached to an aromatic ring is 1. The van der Waals surface area contributed by atoms with Crippen molar-refractivity contribution in [3.63, 3.8) is 0 Å². The molecule has 2 unspecified atom stereocenters. The van der Waals surface area contributed by atoms with Gasteiger partial charge in [0.2, 0.25) is 0 Å². The van der Waals surface area contributed by atoms with Gasteiger partial charge in [0.1, 0.15) is 0 Å². The van der Waals surface area contributed by atoms with Crippen molar-refractivity contribution in [3.8, 4) is 0 Å². The normalized spacial score (nSPS) is 22.9. The minimum atomic E-state index is -0.457. The Hall–Kier alpha value is -1.59. The Balaban J connectivity index is 2.11. The highest BCUT2D eigenvalue weighted by atomic mass is 16.3. The van der Waals surface area contributed by atoms with Gasteiger partial charge in [-0.3, -0.25) is 10.6 Å². The van der Waals surface area contributed by atoms with Crippen LogP contribution in [-0.4, -0.2) is 23.2 Å². The van der Waals surface area contributed by atoms with E-state index in [4.69, 9.17) is 5.84 Å². The molecule has 0 radical (unpaired) electrons. The van der Waals surface area contributed by atoms with Gasteiger partial charge in [-0.1, -0.05) is 25.3 Å². The smallest absolute Gasteiger partial charge is 0.253 e. The van der Waals surface area contributed by atoms with Crippen molar-refractivity contribution in [1.29, 1.82) is 0 Å². The van der Waals surface area contributed by atoms with Gasteiger partial charge < -0.3 is 15.8 Å². The van der Waals surface area contributed by atoms with Crippen LogP contribution < -0.4 is 16.6 Å². The maximum Gasteiger partial charge on any atom is 0.253 e. The van der Waals surface area contributed by atoms with Crippen LogP contribution in [0.5, 0.6) is 0 Å². The Morgan fingerprint density at radius 2 is 2.05 bits per heavy atom. The van der Waals surface area contributed by atoms with Crippen LogP contribution in [0.4, 0.5) is 5.69 Å². The van der Waals surface area contributed by atoms with E-state index in [9.17, 15) is 9.90 Å². The predicted molar refractivity (Wildman–Crippen MR) is 79.3 cm³/mol. The summed E-state index contributed by atoms with van der Waals surface area (Å²) < 4.78 is 0. The molecule has 1 aromatic carbocycles. The van der Waals surface area contributed by atoms with Crippen LogP contribution in [0.15, 0.2) is 18.2 Å². The van der Waals surface area contributed by atoms with Gasteiger partial charge in [-0.2, -0.15) is 0 Å². The van der Waals surface area contributed by atoms with Gasteiger partial charge in [0.25, 0.3) is 5.91 Å². The van der Waals surface area contributed by atoms with E-state index in [-0.39, 0.29) is 11.9 Å². The largest absolute Gasteiger partial charge is 0.391 e. The molecule has 0 spiro atoms. The van der Waals surface area contributed by atoms with E-state index in [0.29, 0.717) is 11.3 Å². The number of carbonyl (C=O) groups is 1. The van der Waals surface area contributed by atoms with Gasteiger partial charge >= 0.3 is 0 Å². The number of aliphatic hydroxyl groups is 1. The molecule has 2 atom stereocenters. The lowest BCUT2D eigenvalue weighted by atomic mass is 10.0. The van der Waals surface area contributed by atoms with E-state index in [2.05, 4.69) is 10.7 Å². The van der Waals surface area contributed by atoms with E-state index in [0.717, 1.165) is 37.7 Å². The van der Waals surface area contributed by atoms with Crippen molar-refractivity contribution in [2.24, 2.45) is 5.84 Å². The maximum absolute atomic E-state index is 12.3. The monoisotopic (exact) mass is 277 g/mol. The summed E-state index contributed by atoms with van der Waals surface area (Å²) in [6, 6.07) is 5.29. The van der Waals surface area contributed by atoms with Crippen molar-refractivity contribution in [2.45, 2.75) is 51.2 Å². The SMILES string of the molecule is Cc1ccc(C(=O)NC2CCCCCC2O)c(NN)c1. The Kier molecular flexibility index (Phi) is 4.98. The fraction of sp³-hybridized carbons (Fsp3) is 0.533. The molecule has 0 aliphatic heterocycles. The van der Waals surface area contributed by atoms with Crippen LogP contribution in [0.2, 0.25) is 0 Å². The highest BCUT2D eigenvalue weighted by Gasteiger charge is 2.24. The molecule has 1 saturated carbocycles. The number of rotatable bonds is 3. The summed E-state index contributed by atoms with van der Waals surface area (Å²) in [4.78, 5) is 12.3. The van der Waals surface area contributed by atoms with E-state index >= 15 is 0 Å². The predicted octanol–water partition coefficient (Wildman–Crippen LogP) is 1.70. The van der Waals surface area contributed by atoms with Crippen LogP contribution in [0, 0.1) is 6.92 Å². The number of carbonyl (C=O) groups excluding carboxylic acids is 1. The van der Waals surface area contributed by atoms with Crippen molar-refractivity contribution in [3.05, 3.63) is 29.3 Å². The average Bonchev–Trinajstić information content (AvgIpc) is 2.64. The first-order chi connectivity index (χ1) is 9.61. The van der Waals surface area contributed by atoms with Crippen LogP contribution in [0.25, 0.3) is 0 Å². The second-order valence-corrected chi connectivity index (χ2v) is 5.48. The number of hydrazine groups is 1. The van der Waals surface area contributed by atoms with Crippen LogP contribution in [0.1, 0.15) is 48.0 Å². The second kappa shape index (κ2) is 6.72. The summed E-state index contributed by atoms with van der Waals surface area (Å²) in [7, 11) is 0. The molecule has 0 heterocycles. The average molecular weight is 277 g/mol. The molecule has 1 aliphatic carbocycles. The summed E-state index contributed by atoms with van der Waals surface area (Å²) in [6.45, 7) is 1.94. The Morgan fingerprint density at radius 3 is 2.80 bits per heavy atom. The Bertz CT molecular complexity index is 476. The summed E-state index contributed by atoms with van der Waals surface area (Å²) in [5, 5.41) is 13.0. The van der Waals surface area contributed by atoms with E-state index < -0.39 is 6.10 Å². The molecule has 20 heavy (non-hydrogen) atoms. The number of nitrogens with two attached hydrogens (primary N) is 1. The van der Waals surface area contributed by atoms with E-state index in [1.165, 1.54) is 0 Å². The molecule has 5 nitrogen and oxygen atoms in total. The zero-order chi connectivity index (χ0) is 14.5. The third-order valence-corrected chi connectivity index (χ3v) is 3.87. The van der Waals surface area contributed by atoms with Crippen molar-refractivity contribution >= 4 is 11.6 Å². The molecule has 1 amide bonds. The second-order valence-electron chi connectivity index (χ2n) is 5.48. The molecule has 0 bridgehead atoms. The van der Waals surface area contributed by atoms with Gasteiger partial charge in [0.05, 0.1) is 23.4 Å². The number of hydrogen-bond acceptors (Lipinski definition) is 4. The zero-order valence-corrected chi connectivity index (χ0v) is 11.9. The summed E-state index contributed by atoms with van der Waals surface area (Å²) in [6.07, 6.45) is 4.29. The molecule has 110 valence electrons. The molecule has 1 fully saturated rings. The first kappa shape index (κ1) is 14.8. The van der Waals surface area contributed by atoms with Crippen LogP contribution in [-0.2, 0) is 0 Å². The van der Waals surface area contributed by atoms with Gasteiger partial charge in [-0.15, -0.1) is 0 Å². The highest BCUT2D eigenvalue weighted by molar-refractivity contribution is 5.99. The molecule has 0 saturated heterocycles. The van der Waals surface area contributed by atoms with Gasteiger partial charge in [-0.05, 0) is 37.5 Å². The number of aliphatic hydroxyl groups excluding tert-OH is 1. The molecule has 0 aromatic heterocycles. The first-order valence-corrected chi connectivity index (χ1v) is 7.18. The molecule has 1 aliphatic rings. The number of benzene rings is 1. The third kappa shape index (κ3) is 3.49. The standard InChI is InChI=1S/C15H23N3O2/c1-10-7-8-11(13(9-10)18-16)15(20)17-12-5-3-2-4-6-14(12)19/h7-9,12,14,18-19H,2-6,16H2,1H3,(H,17,20). The summed E-state index contributed by atoms with van der Waals surface area (Å²) in [5.74, 6) is 5.27. The molecule has 2 rings (SSSR count). The Morgan fingerprint density at radius 1 is 1.30 bits per heavy atom. The van der Waals surface area contributed by atoms with Crippen LogP contribution >= 0.6 is 0 Å². The number of hydrogen-bond donors (Lipinski definition) is 4.